The molecule has 1 aliphatic rings. The molecule has 0 saturated carbocycles. The van der Waals surface area contributed by atoms with Crippen LogP contribution in [0.5, 0.6) is 5.75 Å². The zero-order valence-electron chi connectivity index (χ0n) is 15.0. The second-order valence-electron chi connectivity index (χ2n) is 6.23. The Hall–Kier alpha value is -3.35. The Balaban J connectivity index is 1.56. The van der Waals surface area contributed by atoms with Gasteiger partial charge < -0.3 is 20.7 Å². The number of ether oxygens (including phenoxy) is 1. The van der Waals surface area contributed by atoms with E-state index in [2.05, 4.69) is 16.0 Å². The second-order valence-corrected chi connectivity index (χ2v) is 6.23. The highest BCUT2D eigenvalue weighted by Gasteiger charge is 2.17. The van der Waals surface area contributed by atoms with Gasteiger partial charge in [0, 0.05) is 24.2 Å². The third-order valence-corrected chi connectivity index (χ3v) is 4.04. The number of rotatable bonds is 6. The SMILES string of the molecule is CCCC(=O)Nc1ccc(CNC(=O)c2ccc3c(c2)OCC(=O)N3)cc1. The van der Waals surface area contributed by atoms with Gasteiger partial charge in [0.1, 0.15) is 5.75 Å². The first kappa shape index (κ1) is 18.4. The molecule has 7 heteroatoms. The highest BCUT2D eigenvalue weighted by Crippen LogP contribution is 2.28. The van der Waals surface area contributed by atoms with Gasteiger partial charge in [-0.3, -0.25) is 14.4 Å². The summed E-state index contributed by atoms with van der Waals surface area (Å²) in [5, 5.41) is 8.35. The lowest BCUT2D eigenvalue weighted by Gasteiger charge is -2.18. The summed E-state index contributed by atoms with van der Waals surface area (Å²) in [7, 11) is 0. The molecule has 0 spiro atoms. The summed E-state index contributed by atoms with van der Waals surface area (Å²) in [5.41, 5.74) is 2.66. The fourth-order valence-corrected chi connectivity index (χ4v) is 2.66. The highest BCUT2D eigenvalue weighted by atomic mass is 16.5. The summed E-state index contributed by atoms with van der Waals surface area (Å²) in [6.07, 6.45) is 1.29. The highest BCUT2D eigenvalue weighted by molar-refractivity contribution is 5.99. The molecule has 3 rings (SSSR count). The van der Waals surface area contributed by atoms with E-state index in [1.807, 2.05) is 31.2 Å². The van der Waals surface area contributed by atoms with Crippen LogP contribution in [0.15, 0.2) is 42.5 Å². The van der Waals surface area contributed by atoms with E-state index in [1.54, 1.807) is 18.2 Å². The van der Waals surface area contributed by atoms with Crippen LogP contribution in [-0.2, 0) is 16.1 Å². The molecule has 2 aromatic rings. The van der Waals surface area contributed by atoms with Crippen molar-refractivity contribution in [1.29, 1.82) is 0 Å². The zero-order chi connectivity index (χ0) is 19.2. The van der Waals surface area contributed by atoms with Crippen LogP contribution in [0.3, 0.4) is 0 Å². The van der Waals surface area contributed by atoms with Crippen molar-refractivity contribution in [2.24, 2.45) is 0 Å². The molecule has 3 N–H and O–H groups in total. The number of benzene rings is 2. The van der Waals surface area contributed by atoms with Crippen LogP contribution in [0.4, 0.5) is 11.4 Å². The molecule has 0 bridgehead atoms. The molecule has 3 amide bonds. The van der Waals surface area contributed by atoms with E-state index in [0.717, 1.165) is 17.7 Å². The summed E-state index contributed by atoms with van der Waals surface area (Å²) >= 11 is 0. The molecule has 0 unspecified atom stereocenters. The van der Waals surface area contributed by atoms with E-state index in [1.165, 1.54) is 0 Å². The van der Waals surface area contributed by atoms with Crippen molar-refractivity contribution < 1.29 is 19.1 Å². The first-order valence-electron chi connectivity index (χ1n) is 8.79. The largest absolute Gasteiger partial charge is 0.482 e. The van der Waals surface area contributed by atoms with Crippen LogP contribution in [0.25, 0.3) is 0 Å². The summed E-state index contributed by atoms with van der Waals surface area (Å²) < 4.78 is 5.32. The van der Waals surface area contributed by atoms with Gasteiger partial charge in [-0.05, 0) is 42.3 Å². The number of carbonyl (C=O) groups is 3. The van der Waals surface area contributed by atoms with E-state index >= 15 is 0 Å². The van der Waals surface area contributed by atoms with Crippen molar-refractivity contribution in [3.05, 3.63) is 53.6 Å². The fraction of sp³-hybridized carbons (Fsp3) is 0.250. The number of fused-ring (bicyclic) bond motifs is 1. The molecule has 2 aromatic carbocycles. The Morgan fingerprint density at radius 2 is 1.93 bits per heavy atom. The zero-order valence-corrected chi connectivity index (χ0v) is 15.0. The van der Waals surface area contributed by atoms with Crippen LogP contribution in [0.1, 0.15) is 35.7 Å². The smallest absolute Gasteiger partial charge is 0.262 e. The van der Waals surface area contributed by atoms with Gasteiger partial charge in [0.2, 0.25) is 5.91 Å². The van der Waals surface area contributed by atoms with Crippen LogP contribution in [0, 0.1) is 0 Å². The molecular weight excluding hydrogens is 346 g/mol. The Bertz CT molecular complexity index is 862. The van der Waals surface area contributed by atoms with Crippen molar-refractivity contribution in [1.82, 2.24) is 5.32 Å². The van der Waals surface area contributed by atoms with Crippen LogP contribution < -0.4 is 20.7 Å². The summed E-state index contributed by atoms with van der Waals surface area (Å²) in [6, 6.07) is 12.2. The van der Waals surface area contributed by atoms with Crippen molar-refractivity contribution >= 4 is 29.1 Å². The van der Waals surface area contributed by atoms with Gasteiger partial charge >= 0.3 is 0 Å². The summed E-state index contributed by atoms with van der Waals surface area (Å²) in [5.74, 6) is 0.0199. The number of amides is 3. The Labute approximate surface area is 157 Å². The minimum atomic E-state index is -0.237. The molecule has 0 radical (unpaired) electrons. The fourth-order valence-electron chi connectivity index (χ4n) is 2.66. The molecule has 7 nitrogen and oxygen atoms in total. The van der Waals surface area contributed by atoms with Crippen molar-refractivity contribution in [2.45, 2.75) is 26.3 Å². The van der Waals surface area contributed by atoms with Gasteiger partial charge in [-0.25, -0.2) is 0 Å². The number of hydrogen-bond donors (Lipinski definition) is 3. The average molecular weight is 367 g/mol. The molecule has 0 aromatic heterocycles. The number of carbonyl (C=O) groups excluding carboxylic acids is 3. The van der Waals surface area contributed by atoms with E-state index in [-0.39, 0.29) is 24.3 Å². The monoisotopic (exact) mass is 367 g/mol. The molecule has 0 fully saturated rings. The molecule has 1 aliphatic heterocycles. The molecular formula is C20H21N3O4. The molecule has 0 aliphatic carbocycles. The summed E-state index contributed by atoms with van der Waals surface area (Å²) in [4.78, 5) is 35.2. The number of nitrogens with one attached hydrogen (secondary N) is 3. The molecule has 0 atom stereocenters. The van der Waals surface area contributed by atoms with Gasteiger partial charge in [0.15, 0.2) is 6.61 Å². The maximum Gasteiger partial charge on any atom is 0.262 e. The lowest BCUT2D eigenvalue weighted by Crippen LogP contribution is -2.26. The van der Waals surface area contributed by atoms with E-state index < -0.39 is 0 Å². The molecule has 140 valence electrons. The maximum atomic E-state index is 12.3. The minimum absolute atomic E-state index is 0.00984. The second kappa shape index (κ2) is 8.35. The van der Waals surface area contributed by atoms with E-state index in [0.29, 0.717) is 30.0 Å². The van der Waals surface area contributed by atoms with Crippen LogP contribution in [-0.4, -0.2) is 24.3 Å². The van der Waals surface area contributed by atoms with E-state index in [9.17, 15) is 14.4 Å². The normalized spacial score (nSPS) is 12.4. The van der Waals surface area contributed by atoms with Crippen molar-refractivity contribution in [3.63, 3.8) is 0 Å². The van der Waals surface area contributed by atoms with Gasteiger partial charge in [-0.15, -0.1) is 0 Å². The molecule has 0 saturated heterocycles. The van der Waals surface area contributed by atoms with Gasteiger partial charge in [0.05, 0.1) is 5.69 Å². The van der Waals surface area contributed by atoms with Crippen LogP contribution >= 0.6 is 0 Å². The minimum Gasteiger partial charge on any atom is -0.482 e. The first-order chi connectivity index (χ1) is 13.0. The summed E-state index contributed by atoms with van der Waals surface area (Å²) in [6.45, 7) is 2.26. The average Bonchev–Trinajstić information content (AvgIpc) is 2.67. The lowest BCUT2D eigenvalue weighted by atomic mass is 10.1. The topological polar surface area (TPSA) is 96.5 Å². The quantitative estimate of drug-likeness (QED) is 0.731. The lowest BCUT2D eigenvalue weighted by molar-refractivity contribution is -0.118. The van der Waals surface area contributed by atoms with Crippen molar-refractivity contribution in [3.8, 4) is 5.75 Å². The standard InChI is InChI=1S/C20H21N3O4/c1-2-3-18(24)22-15-7-4-13(5-8-15)11-21-20(26)14-6-9-16-17(10-14)27-12-19(25)23-16/h4-10H,2-3,11-12H2,1H3,(H,21,26)(H,22,24)(H,23,25). The number of hydrogen-bond acceptors (Lipinski definition) is 4. The maximum absolute atomic E-state index is 12.3. The first-order valence-corrected chi connectivity index (χ1v) is 8.79. The Morgan fingerprint density at radius 3 is 2.67 bits per heavy atom. The van der Waals surface area contributed by atoms with Gasteiger partial charge in [-0.1, -0.05) is 19.1 Å². The van der Waals surface area contributed by atoms with Gasteiger partial charge in [0.25, 0.3) is 11.8 Å². The predicted molar refractivity (Wildman–Crippen MR) is 102 cm³/mol. The third-order valence-electron chi connectivity index (χ3n) is 4.04. The Kier molecular flexibility index (Phi) is 5.71. The van der Waals surface area contributed by atoms with Crippen LogP contribution in [0.2, 0.25) is 0 Å². The molecule has 27 heavy (non-hydrogen) atoms. The van der Waals surface area contributed by atoms with Crippen molar-refractivity contribution in [2.75, 3.05) is 17.2 Å². The molecule has 1 heterocycles. The van der Waals surface area contributed by atoms with Gasteiger partial charge in [-0.2, -0.15) is 0 Å². The number of anilines is 2. The predicted octanol–water partition coefficient (Wildman–Crippen LogP) is 2.69. The third kappa shape index (κ3) is 4.84. The van der Waals surface area contributed by atoms with E-state index in [4.69, 9.17) is 4.74 Å². The Morgan fingerprint density at radius 1 is 1.15 bits per heavy atom.